The molecule has 0 saturated heterocycles. The van der Waals surface area contributed by atoms with E-state index in [4.69, 9.17) is 12.6 Å². The molecule has 11 heavy (non-hydrogen) atoms. The summed E-state index contributed by atoms with van der Waals surface area (Å²) < 4.78 is 5.29. The topological polar surface area (TPSA) is 9.23 Å². The molecular weight excluding hydrogens is 135 g/mol. The molecular formula is C9H11BO. The number of aryl methyl sites for hydroxylation is 1. The standard InChI is InChI=1S/C9H11BO/c1-8-2-4-9(5-3-8)11-7-6-10/h2-5H,6-7H2,1H3. The molecule has 0 fully saturated rings. The molecule has 2 heteroatoms. The SMILES string of the molecule is [B]CCOc1ccc(C)cc1. The van der Waals surface area contributed by atoms with Gasteiger partial charge in [-0.1, -0.05) is 24.0 Å². The summed E-state index contributed by atoms with van der Waals surface area (Å²) in [7, 11) is 5.28. The normalized spacial score (nSPS) is 9.55. The zero-order valence-electron chi connectivity index (χ0n) is 6.71. The average Bonchev–Trinajstić information content (AvgIpc) is 2.04. The molecule has 0 unspecified atom stereocenters. The molecule has 0 bridgehead atoms. The molecule has 1 aromatic carbocycles. The number of hydrogen-bond acceptors (Lipinski definition) is 1. The predicted octanol–water partition coefficient (Wildman–Crippen LogP) is 1.96. The lowest BCUT2D eigenvalue weighted by Crippen LogP contribution is -1.95. The summed E-state index contributed by atoms with van der Waals surface area (Å²) in [5.41, 5.74) is 1.24. The summed E-state index contributed by atoms with van der Waals surface area (Å²) in [4.78, 5) is 0. The third kappa shape index (κ3) is 2.66. The summed E-state index contributed by atoms with van der Waals surface area (Å²) in [5, 5.41) is 0. The van der Waals surface area contributed by atoms with E-state index in [9.17, 15) is 0 Å². The van der Waals surface area contributed by atoms with E-state index in [0.717, 1.165) is 5.75 Å². The van der Waals surface area contributed by atoms with E-state index < -0.39 is 0 Å². The Morgan fingerprint density at radius 3 is 2.45 bits per heavy atom. The van der Waals surface area contributed by atoms with Crippen LogP contribution in [0.3, 0.4) is 0 Å². The van der Waals surface area contributed by atoms with Crippen LogP contribution in [0.4, 0.5) is 0 Å². The van der Waals surface area contributed by atoms with Gasteiger partial charge in [0.25, 0.3) is 0 Å². The fraction of sp³-hybridized carbons (Fsp3) is 0.333. The highest BCUT2D eigenvalue weighted by Gasteiger charge is 1.89. The van der Waals surface area contributed by atoms with Crippen LogP contribution in [-0.2, 0) is 0 Å². The van der Waals surface area contributed by atoms with Crippen molar-refractivity contribution in [3.8, 4) is 5.75 Å². The lowest BCUT2D eigenvalue weighted by molar-refractivity contribution is 0.340. The Hall–Kier alpha value is -0.915. The zero-order chi connectivity index (χ0) is 8.10. The zero-order valence-corrected chi connectivity index (χ0v) is 6.71. The molecule has 0 aliphatic rings. The van der Waals surface area contributed by atoms with Gasteiger partial charge in [0.15, 0.2) is 0 Å². The van der Waals surface area contributed by atoms with Gasteiger partial charge in [-0.3, -0.25) is 0 Å². The monoisotopic (exact) mass is 146 g/mol. The summed E-state index contributed by atoms with van der Waals surface area (Å²) in [6.45, 7) is 2.63. The van der Waals surface area contributed by atoms with E-state index in [1.54, 1.807) is 0 Å². The smallest absolute Gasteiger partial charge is 0.119 e. The Balaban J connectivity index is 2.52. The van der Waals surface area contributed by atoms with Crippen LogP contribution in [0.15, 0.2) is 24.3 Å². The van der Waals surface area contributed by atoms with Crippen LogP contribution in [-0.4, -0.2) is 14.5 Å². The third-order valence-electron chi connectivity index (χ3n) is 1.41. The van der Waals surface area contributed by atoms with Crippen LogP contribution in [0, 0.1) is 6.92 Å². The summed E-state index contributed by atoms with van der Waals surface area (Å²) in [6, 6.07) is 7.94. The molecule has 0 aliphatic heterocycles. The first-order valence-corrected chi connectivity index (χ1v) is 3.72. The molecule has 2 radical (unpaired) electrons. The fourth-order valence-corrected chi connectivity index (χ4v) is 0.811. The van der Waals surface area contributed by atoms with E-state index in [1.807, 2.05) is 31.2 Å². The van der Waals surface area contributed by atoms with E-state index in [2.05, 4.69) is 0 Å². The van der Waals surface area contributed by atoms with Crippen LogP contribution in [0.2, 0.25) is 6.32 Å². The lowest BCUT2D eigenvalue weighted by atomic mass is 10.1. The van der Waals surface area contributed by atoms with E-state index >= 15 is 0 Å². The molecule has 0 atom stereocenters. The highest BCUT2D eigenvalue weighted by atomic mass is 16.5. The van der Waals surface area contributed by atoms with Crippen molar-refractivity contribution >= 4 is 7.85 Å². The molecule has 0 amide bonds. The number of hydrogen-bond donors (Lipinski definition) is 0. The van der Waals surface area contributed by atoms with Gasteiger partial charge < -0.3 is 4.74 Å². The second-order valence-corrected chi connectivity index (χ2v) is 2.45. The number of ether oxygens (including phenoxy) is 1. The second-order valence-electron chi connectivity index (χ2n) is 2.45. The minimum Gasteiger partial charge on any atom is -0.494 e. The molecule has 0 saturated carbocycles. The average molecular weight is 146 g/mol. The maximum atomic E-state index is 5.29. The van der Waals surface area contributed by atoms with Crippen LogP contribution in [0.5, 0.6) is 5.75 Å². The molecule has 1 rings (SSSR count). The summed E-state index contributed by atoms with van der Waals surface area (Å²) in [6.07, 6.45) is 0.563. The van der Waals surface area contributed by atoms with Gasteiger partial charge in [-0.25, -0.2) is 0 Å². The minimum atomic E-state index is 0.563. The van der Waals surface area contributed by atoms with Crippen molar-refractivity contribution in [2.45, 2.75) is 13.2 Å². The number of rotatable bonds is 3. The lowest BCUT2D eigenvalue weighted by Gasteiger charge is -2.03. The first-order chi connectivity index (χ1) is 5.33. The van der Waals surface area contributed by atoms with Gasteiger partial charge in [-0.2, -0.15) is 0 Å². The highest BCUT2D eigenvalue weighted by Crippen LogP contribution is 2.10. The van der Waals surface area contributed by atoms with E-state index in [-0.39, 0.29) is 0 Å². The van der Waals surface area contributed by atoms with Crippen LogP contribution in [0.1, 0.15) is 5.56 Å². The van der Waals surface area contributed by atoms with E-state index in [1.165, 1.54) is 5.56 Å². The van der Waals surface area contributed by atoms with Crippen molar-refractivity contribution in [1.29, 1.82) is 0 Å². The first kappa shape index (κ1) is 8.18. The van der Waals surface area contributed by atoms with Crippen molar-refractivity contribution in [3.63, 3.8) is 0 Å². The third-order valence-corrected chi connectivity index (χ3v) is 1.41. The summed E-state index contributed by atoms with van der Waals surface area (Å²) >= 11 is 0. The van der Waals surface area contributed by atoms with Crippen molar-refractivity contribution in [1.82, 2.24) is 0 Å². The molecule has 0 spiro atoms. The van der Waals surface area contributed by atoms with Gasteiger partial charge in [-0.15, -0.1) is 0 Å². The molecule has 56 valence electrons. The van der Waals surface area contributed by atoms with Gasteiger partial charge in [0.2, 0.25) is 0 Å². The molecule has 0 aliphatic carbocycles. The fourth-order valence-electron chi connectivity index (χ4n) is 0.811. The second kappa shape index (κ2) is 4.07. The van der Waals surface area contributed by atoms with Crippen molar-refractivity contribution in [2.75, 3.05) is 6.61 Å². The molecule has 0 aromatic heterocycles. The predicted molar refractivity (Wildman–Crippen MR) is 47.2 cm³/mol. The minimum absolute atomic E-state index is 0.563. The molecule has 0 heterocycles. The Kier molecular flexibility index (Phi) is 3.03. The van der Waals surface area contributed by atoms with Gasteiger partial charge >= 0.3 is 0 Å². The van der Waals surface area contributed by atoms with Gasteiger partial charge in [0.1, 0.15) is 5.75 Å². The Bertz CT molecular complexity index is 205. The number of benzene rings is 1. The maximum Gasteiger partial charge on any atom is 0.119 e. The Morgan fingerprint density at radius 1 is 1.27 bits per heavy atom. The first-order valence-electron chi connectivity index (χ1n) is 3.72. The Morgan fingerprint density at radius 2 is 1.91 bits per heavy atom. The van der Waals surface area contributed by atoms with Crippen LogP contribution >= 0.6 is 0 Å². The summed E-state index contributed by atoms with van der Waals surface area (Å²) in [5.74, 6) is 0.890. The maximum absolute atomic E-state index is 5.29. The quantitative estimate of drug-likeness (QED) is 0.592. The Labute approximate surface area is 68.8 Å². The van der Waals surface area contributed by atoms with E-state index in [0.29, 0.717) is 12.9 Å². The molecule has 1 nitrogen and oxygen atoms in total. The van der Waals surface area contributed by atoms with Crippen LogP contribution in [0.25, 0.3) is 0 Å². The van der Waals surface area contributed by atoms with Crippen molar-refractivity contribution in [3.05, 3.63) is 29.8 Å². The largest absolute Gasteiger partial charge is 0.494 e. The van der Waals surface area contributed by atoms with Crippen molar-refractivity contribution < 1.29 is 4.74 Å². The van der Waals surface area contributed by atoms with Gasteiger partial charge in [0, 0.05) is 0 Å². The van der Waals surface area contributed by atoms with Gasteiger partial charge in [-0.05, 0) is 19.1 Å². The van der Waals surface area contributed by atoms with Crippen LogP contribution < -0.4 is 4.74 Å². The highest BCUT2D eigenvalue weighted by molar-refractivity contribution is 6.08. The molecule has 1 aromatic rings. The van der Waals surface area contributed by atoms with Crippen molar-refractivity contribution in [2.24, 2.45) is 0 Å². The van der Waals surface area contributed by atoms with Gasteiger partial charge in [0.05, 0.1) is 14.5 Å². The molecule has 0 N–H and O–H groups in total.